The van der Waals surface area contributed by atoms with Crippen LogP contribution in [-0.4, -0.2) is 26.8 Å². The first-order valence-electron chi connectivity index (χ1n) is 7.68. The van der Waals surface area contributed by atoms with Gasteiger partial charge in [0.1, 0.15) is 16.4 Å². The third-order valence-corrected chi connectivity index (χ3v) is 4.28. The summed E-state index contributed by atoms with van der Waals surface area (Å²) < 4.78 is 34.4. The van der Waals surface area contributed by atoms with Crippen LogP contribution in [0.1, 0.15) is 38.7 Å². The zero-order valence-electron chi connectivity index (χ0n) is 14.1. The van der Waals surface area contributed by atoms with Gasteiger partial charge in [0.2, 0.25) is 0 Å². The van der Waals surface area contributed by atoms with E-state index in [1.54, 1.807) is 19.1 Å². The number of ketones is 1. The molecular weight excluding hydrogens is 332 g/mol. The highest BCUT2D eigenvalue weighted by Gasteiger charge is 2.20. The van der Waals surface area contributed by atoms with Crippen molar-refractivity contribution in [3.8, 4) is 0 Å². The maximum atomic E-state index is 12.3. The monoisotopic (exact) mass is 354 g/mol. The van der Waals surface area contributed by atoms with Crippen LogP contribution in [0.2, 0.25) is 0 Å². The molecule has 0 unspecified atom stereocenters. The number of ether oxygens (including phenoxy) is 1. The number of aryl methyl sites for hydroxylation is 1. The molecule has 0 aliphatic heterocycles. The third kappa shape index (κ3) is 6.54. The van der Waals surface area contributed by atoms with Crippen molar-refractivity contribution in [1.82, 2.24) is 0 Å². The number of carbonyl (C=O) groups excluding carboxylic acids is 2. The van der Waals surface area contributed by atoms with Gasteiger partial charge in [-0.2, -0.15) is 8.42 Å². The van der Waals surface area contributed by atoms with E-state index < -0.39 is 16.1 Å². The largest absolute Gasteiger partial charge is 0.463 e. The van der Waals surface area contributed by atoms with E-state index in [1.807, 2.05) is 13.8 Å². The first-order chi connectivity index (χ1) is 11.3. The second kappa shape index (κ2) is 9.22. The topological polar surface area (TPSA) is 86.7 Å². The average Bonchev–Trinajstić information content (AvgIpc) is 2.47. The number of hydrogen-bond acceptors (Lipinski definition) is 6. The zero-order chi connectivity index (χ0) is 18.2. The van der Waals surface area contributed by atoms with Crippen LogP contribution in [-0.2, 0) is 28.6 Å². The summed E-state index contributed by atoms with van der Waals surface area (Å²) in [5.41, 5.74) is 0.898. The van der Waals surface area contributed by atoms with E-state index in [0.29, 0.717) is 6.42 Å². The first kappa shape index (κ1) is 19.9. The van der Waals surface area contributed by atoms with Gasteiger partial charge in [0, 0.05) is 6.42 Å². The number of Topliss-reactive ketones (excluding diaryl/α,β-unsaturated/α-hetero) is 1. The van der Waals surface area contributed by atoms with E-state index in [1.165, 1.54) is 12.1 Å². The molecule has 132 valence electrons. The number of carbonyl (C=O) groups is 2. The molecule has 6 nitrogen and oxygen atoms in total. The molecule has 0 aliphatic rings. The van der Waals surface area contributed by atoms with E-state index in [9.17, 15) is 18.0 Å². The lowest BCUT2D eigenvalue weighted by atomic mass is 10.1. The Kier molecular flexibility index (Phi) is 7.64. The molecule has 24 heavy (non-hydrogen) atoms. The molecule has 1 aromatic rings. The van der Waals surface area contributed by atoms with Crippen LogP contribution >= 0.6 is 0 Å². The SMILES string of the molecule is CCCC(=O)C/C(=C/C(=O)OCC)OS(=O)(=O)c1ccc(C)cc1. The fraction of sp³-hybridized carbons (Fsp3) is 0.412. The van der Waals surface area contributed by atoms with Crippen molar-refractivity contribution >= 4 is 21.9 Å². The molecule has 0 fully saturated rings. The van der Waals surface area contributed by atoms with Crippen LogP contribution in [0, 0.1) is 6.92 Å². The smallest absolute Gasteiger partial charge is 0.338 e. The summed E-state index contributed by atoms with van der Waals surface area (Å²) in [6, 6.07) is 6.07. The number of allylic oxidation sites excluding steroid dienone is 1. The summed E-state index contributed by atoms with van der Waals surface area (Å²) in [4.78, 5) is 23.3. The Bertz CT molecular complexity index is 701. The molecule has 7 heteroatoms. The highest BCUT2D eigenvalue weighted by Crippen LogP contribution is 2.19. The van der Waals surface area contributed by atoms with E-state index >= 15 is 0 Å². The molecule has 0 radical (unpaired) electrons. The second-order valence-corrected chi connectivity index (χ2v) is 6.72. The highest BCUT2D eigenvalue weighted by atomic mass is 32.2. The number of esters is 1. The van der Waals surface area contributed by atoms with Crippen molar-refractivity contribution in [3.05, 3.63) is 41.7 Å². The van der Waals surface area contributed by atoms with Gasteiger partial charge in [-0.1, -0.05) is 24.6 Å². The molecule has 0 aromatic heterocycles. The summed E-state index contributed by atoms with van der Waals surface area (Å²) in [7, 11) is -4.13. The van der Waals surface area contributed by atoms with Crippen molar-refractivity contribution in [2.75, 3.05) is 6.61 Å². The Labute approximate surface area is 142 Å². The van der Waals surface area contributed by atoms with Crippen molar-refractivity contribution in [2.45, 2.75) is 44.9 Å². The first-order valence-corrected chi connectivity index (χ1v) is 9.09. The fourth-order valence-corrected chi connectivity index (χ4v) is 2.83. The van der Waals surface area contributed by atoms with Crippen LogP contribution < -0.4 is 0 Å². The molecule has 1 aromatic carbocycles. The highest BCUT2D eigenvalue weighted by molar-refractivity contribution is 7.86. The molecule has 0 bridgehead atoms. The lowest BCUT2D eigenvalue weighted by Gasteiger charge is -2.10. The third-order valence-electron chi connectivity index (χ3n) is 2.99. The molecule has 0 atom stereocenters. The van der Waals surface area contributed by atoms with Gasteiger partial charge in [0.15, 0.2) is 0 Å². The average molecular weight is 354 g/mol. The summed E-state index contributed by atoms with van der Waals surface area (Å²) in [6.07, 6.45) is 1.52. The Morgan fingerprint density at radius 1 is 1.12 bits per heavy atom. The summed E-state index contributed by atoms with van der Waals surface area (Å²) in [6.45, 7) is 5.41. The minimum absolute atomic E-state index is 0.0502. The Hall–Kier alpha value is -2.15. The summed E-state index contributed by atoms with van der Waals surface area (Å²) in [5.74, 6) is -1.21. The standard InChI is InChI=1S/C17H22O6S/c1-4-6-14(18)11-15(12-17(19)22-5-2)23-24(20,21)16-9-7-13(3)8-10-16/h7-10,12H,4-6,11H2,1-3H3/b15-12-. The van der Waals surface area contributed by atoms with Crippen LogP contribution in [0.4, 0.5) is 0 Å². The van der Waals surface area contributed by atoms with Gasteiger partial charge >= 0.3 is 16.1 Å². The normalized spacial score (nSPS) is 11.9. The lowest BCUT2D eigenvalue weighted by Crippen LogP contribution is -2.12. The zero-order valence-corrected chi connectivity index (χ0v) is 14.9. The van der Waals surface area contributed by atoms with Crippen LogP contribution in [0.5, 0.6) is 0 Å². The van der Waals surface area contributed by atoms with Crippen LogP contribution in [0.25, 0.3) is 0 Å². The molecule has 1 rings (SSSR count). The minimum atomic E-state index is -4.13. The van der Waals surface area contributed by atoms with E-state index in [-0.39, 0.29) is 35.9 Å². The van der Waals surface area contributed by atoms with Gasteiger partial charge in [-0.25, -0.2) is 4.79 Å². The molecule has 0 saturated carbocycles. The fourth-order valence-electron chi connectivity index (χ4n) is 1.88. The van der Waals surface area contributed by atoms with Crippen molar-refractivity contribution in [1.29, 1.82) is 0 Å². The van der Waals surface area contributed by atoms with Gasteiger partial charge in [0.05, 0.1) is 19.1 Å². The van der Waals surface area contributed by atoms with Crippen LogP contribution in [0.3, 0.4) is 0 Å². The molecular formula is C17H22O6S. The number of benzene rings is 1. The van der Waals surface area contributed by atoms with E-state index in [4.69, 9.17) is 8.92 Å². The van der Waals surface area contributed by atoms with Gasteiger partial charge in [0.25, 0.3) is 0 Å². The molecule has 0 saturated heterocycles. The maximum Gasteiger partial charge on any atom is 0.338 e. The van der Waals surface area contributed by atoms with E-state index in [2.05, 4.69) is 0 Å². The number of rotatable bonds is 9. The van der Waals surface area contributed by atoms with Crippen molar-refractivity contribution in [2.24, 2.45) is 0 Å². The van der Waals surface area contributed by atoms with Crippen LogP contribution in [0.15, 0.2) is 41.0 Å². The predicted octanol–water partition coefficient (Wildman–Crippen LogP) is 2.91. The van der Waals surface area contributed by atoms with E-state index in [0.717, 1.165) is 11.6 Å². The molecule has 0 N–H and O–H groups in total. The number of hydrogen-bond donors (Lipinski definition) is 0. The minimum Gasteiger partial charge on any atom is -0.463 e. The molecule has 0 amide bonds. The van der Waals surface area contributed by atoms with Gasteiger partial charge < -0.3 is 8.92 Å². The second-order valence-electron chi connectivity index (χ2n) is 5.18. The van der Waals surface area contributed by atoms with Gasteiger partial charge in [-0.15, -0.1) is 0 Å². The van der Waals surface area contributed by atoms with Crippen molar-refractivity contribution in [3.63, 3.8) is 0 Å². The molecule has 0 spiro atoms. The molecule has 0 aliphatic carbocycles. The van der Waals surface area contributed by atoms with Gasteiger partial charge in [-0.3, -0.25) is 4.79 Å². The summed E-state index contributed by atoms with van der Waals surface area (Å²) >= 11 is 0. The van der Waals surface area contributed by atoms with Crippen molar-refractivity contribution < 1.29 is 26.9 Å². The molecule has 0 heterocycles. The lowest BCUT2D eigenvalue weighted by molar-refractivity contribution is -0.137. The van der Waals surface area contributed by atoms with Gasteiger partial charge in [-0.05, 0) is 32.4 Å². The Morgan fingerprint density at radius 3 is 2.29 bits per heavy atom. The summed E-state index contributed by atoms with van der Waals surface area (Å²) in [5, 5.41) is 0. The Morgan fingerprint density at radius 2 is 1.75 bits per heavy atom. The maximum absolute atomic E-state index is 12.3. The quantitative estimate of drug-likeness (QED) is 0.293. The predicted molar refractivity (Wildman–Crippen MR) is 88.7 cm³/mol. The Balaban J connectivity index is 3.03.